The molecule has 0 bridgehead atoms. The summed E-state index contributed by atoms with van der Waals surface area (Å²) >= 11 is 0. The molecule has 0 aliphatic rings. The topological polar surface area (TPSA) is 63.5 Å². The van der Waals surface area contributed by atoms with E-state index in [1.165, 1.54) is 18.2 Å². The van der Waals surface area contributed by atoms with Crippen molar-refractivity contribution in [1.82, 2.24) is 20.4 Å². The summed E-state index contributed by atoms with van der Waals surface area (Å²) in [6.07, 6.45) is -4.44. The summed E-state index contributed by atoms with van der Waals surface area (Å²) in [6.45, 7) is 7.35. The number of alkyl halides is 3. The van der Waals surface area contributed by atoms with Crippen LogP contribution in [0.5, 0.6) is 5.75 Å². The quantitative estimate of drug-likeness (QED) is 0.428. The normalized spacial score (nSPS) is 12.2. The molecule has 1 aromatic heterocycles. The summed E-state index contributed by atoms with van der Waals surface area (Å²) in [7, 11) is 1.88. The Bertz CT molecular complexity index is 814. The predicted molar refractivity (Wildman–Crippen MR) is 102 cm³/mol. The predicted octanol–water partition coefficient (Wildman–Crippen LogP) is 3.19. The Morgan fingerprint density at radius 2 is 1.93 bits per heavy atom. The third-order valence-electron chi connectivity index (χ3n) is 4.24. The highest BCUT2D eigenvalue weighted by Gasteiger charge is 2.33. The lowest BCUT2D eigenvalue weighted by Crippen LogP contribution is -2.39. The second kappa shape index (κ2) is 9.48. The van der Waals surface area contributed by atoms with Crippen molar-refractivity contribution in [3.63, 3.8) is 0 Å². The molecule has 0 aliphatic carbocycles. The van der Waals surface area contributed by atoms with E-state index < -0.39 is 11.7 Å². The molecule has 28 heavy (non-hydrogen) atoms. The van der Waals surface area contributed by atoms with Gasteiger partial charge in [0.25, 0.3) is 0 Å². The smallest absolute Gasteiger partial charge is 0.419 e. The average Bonchev–Trinajstić information content (AvgIpc) is 2.88. The highest BCUT2D eigenvalue weighted by atomic mass is 19.4. The summed E-state index contributed by atoms with van der Waals surface area (Å²) in [6, 6.07) is 5.18. The number of nitrogens with one attached hydrogen (secondary N) is 2. The summed E-state index contributed by atoms with van der Waals surface area (Å²) < 4.78 is 46.1. The van der Waals surface area contributed by atoms with Crippen molar-refractivity contribution in [2.45, 2.75) is 33.5 Å². The van der Waals surface area contributed by atoms with Crippen LogP contribution in [0.3, 0.4) is 0 Å². The Kier molecular flexibility index (Phi) is 7.31. The minimum Gasteiger partial charge on any atom is -0.491 e. The largest absolute Gasteiger partial charge is 0.491 e. The van der Waals surface area contributed by atoms with Gasteiger partial charge < -0.3 is 15.4 Å². The lowest BCUT2D eigenvalue weighted by molar-refractivity contribution is -0.138. The SMILES string of the molecule is CCNC(=NCc1c(C)nn(C)c1C)NCCOc1ccccc1C(F)(F)F. The molecule has 0 radical (unpaired) electrons. The molecule has 0 fully saturated rings. The third-order valence-corrected chi connectivity index (χ3v) is 4.24. The van der Waals surface area contributed by atoms with E-state index in [1.54, 1.807) is 0 Å². The molecule has 0 spiro atoms. The van der Waals surface area contributed by atoms with Gasteiger partial charge in [0.15, 0.2) is 5.96 Å². The molecule has 1 heterocycles. The first-order chi connectivity index (χ1) is 13.2. The molecule has 0 aliphatic heterocycles. The Hall–Kier alpha value is -2.71. The maximum atomic E-state index is 13.0. The van der Waals surface area contributed by atoms with Crippen molar-refractivity contribution in [1.29, 1.82) is 0 Å². The summed E-state index contributed by atoms with van der Waals surface area (Å²) in [5.74, 6) is 0.387. The van der Waals surface area contributed by atoms with Gasteiger partial charge in [-0.1, -0.05) is 12.1 Å². The van der Waals surface area contributed by atoms with Crippen molar-refractivity contribution in [3.8, 4) is 5.75 Å². The molecule has 2 N–H and O–H groups in total. The minimum absolute atomic E-state index is 0.0719. The van der Waals surface area contributed by atoms with E-state index in [-0.39, 0.29) is 12.4 Å². The first-order valence-electron chi connectivity index (χ1n) is 9.04. The van der Waals surface area contributed by atoms with Crippen LogP contribution in [0.1, 0.15) is 29.4 Å². The van der Waals surface area contributed by atoms with Crippen molar-refractivity contribution in [2.75, 3.05) is 19.7 Å². The number of aryl methyl sites for hydroxylation is 2. The molecule has 0 amide bonds. The fourth-order valence-corrected chi connectivity index (χ4v) is 2.70. The van der Waals surface area contributed by atoms with Gasteiger partial charge in [-0.3, -0.25) is 4.68 Å². The Balaban J connectivity index is 1.94. The van der Waals surface area contributed by atoms with Gasteiger partial charge in [-0.15, -0.1) is 0 Å². The molecule has 2 rings (SSSR count). The lowest BCUT2D eigenvalue weighted by atomic mass is 10.2. The van der Waals surface area contributed by atoms with Crippen LogP contribution in [-0.4, -0.2) is 35.4 Å². The number of halogens is 3. The van der Waals surface area contributed by atoms with Gasteiger partial charge in [0.05, 0.1) is 24.3 Å². The molecule has 0 saturated heterocycles. The monoisotopic (exact) mass is 397 g/mol. The van der Waals surface area contributed by atoms with Crippen molar-refractivity contribution < 1.29 is 17.9 Å². The zero-order valence-corrected chi connectivity index (χ0v) is 16.5. The fourth-order valence-electron chi connectivity index (χ4n) is 2.70. The lowest BCUT2D eigenvalue weighted by Gasteiger charge is -2.15. The number of aliphatic imine (C=N–C) groups is 1. The third kappa shape index (κ3) is 5.64. The van der Waals surface area contributed by atoms with Gasteiger partial charge in [-0.2, -0.15) is 18.3 Å². The van der Waals surface area contributed by atoms with Crippen LogP contribution in [0.15, 0.2) is 29.3 Å². The second-order valence-electron chi connectivity index (χ2n) is 6.24. The molecule has 9 heteroatoms. The molecular formula is C19H26F3N5O. The first kappa shape index (κ1) is 21.6. The van der Waals surface area contributed by atoms with Crippen LogP contribution in [-0.2, 0) is 19.8 Å². The standard InChI is InChI=1S/C19H26F3N5O/c1-5-23-18(25-12-15-13(2)26-27(4)14(15)3)24-10-11-28-17-9-7-6-8-16(17)19(20,21)22/h6-9H,5,10-12H2,1-4H3,(H2,23,24,25). The van der Waals surface area contributed by atoms with Gasteiger partial charge >= 0.3 is 6.18 Å². The maximum absolute atomic E-state index is 13.0. The van der Waals surface area contributed by atoms with Gasteiger partial charge in [0.1, 0.15) is 12.4 Å². The minimum atomic E-state index is -4.44. The van der Waals surface area contributed by atoms with Gasteiger partial charge in [-0.05, 0) is 32.9 Å². The van der Waals surface area contributed by atoms with Gasteiger partial charge in [0.2, 0.25) is 0 Å². The Morgan fingerprint density at radius 1 is 1.21 bits per heavy atom. The van der Waals surface area contributed by atoms with Crippen LogP contribution in [0, 0.1) is 13.8 Å². The number of para-hydroxylation sites is 1. The van der Waals surface area contributed by atoms with Crippen LogP contribution >= 0.6 is 0 Å². The van der Waals surface area contributed by atoms with E-state index in [2.05, 4.69) is 20.7 Å². The molecule has 0 saturated carbocycles. The number of guanidine groups is 1. The molecule has 154 valence electrons. The van der Waals surface area contributed by atoms with Crippen LogP contribution in [0.25, 0.3) is 0 Å². The summed E-state index contributed by atoms with van der Waals surface area (Å²) in [5, 5.41) is 10.5. The van der Waals surface area contributed by atoms with Crippen LogP contribution < -0.4 is 15.4 Å². The number of hydrogen-bond donors (Lipinski definition) is 2. The maximum Gasteiger partial charge on any atom is 0.419 e. The Morgan fingerprint density at radius 3 is 2.54 bits per heavy atom. The zero-order chi connectivity index (χ0) is 20.7. The fraction of sp³-hybridized carbons (Fsp3) is 0.474. The molecule has 0 atom stereocenters. The van der Waals surface area contributed by atoms with Gasteiger partial charge in [-0.25, -0.2) is 4.99 Å². The first-order valence-corrected chi connectivity index (χ1v) is 9.04. The van der Waals surface area contributed by atoms with Crippen LogP contribution in [0.2, 0.25) is 0 Å². The van der Waals surface area contributed by atoms with E-state index in [1.807, 2.05) is 32.5 Å². The van der Waals surface area contributed by atoms with E-state index in [0.29, 0.717) is 25.6 Å². The molecule has 0 unspecified atom stereocenters. The number of hydrogen-bond acceptors (Lipinski definition) is 3. The van der Waals surface area contributed by atoms with E-state index >= 15 is 0 Å². The van der Waals surface area contributed by atoms with Gasteiger partial charge in [0, 0.05) is 24.8 Å². The van der Waals surface area contributed by atoms with E-state index in [0.717, 1.165) is 23.0 Å². The summed E-state index contributed by atoms with van der Waals surface area (Å²) in [4.78, 5) is 4.53. The number of rotatable bonds is 7. The Labute approximate surface area is 162 Å². The van der Waals surface area contributed by atoms with Crippen molar-refractivity contribution in [2.24, 2.45) is 12.0 Å². The highest BCUT2D eigenvalue weighted by Crippen LogP contribution is 2.35. The summed E-state index contributed by atoms with van der Waals surface area (Å²) in [5.41, 5.74) is 2.24. The molecular weight excluding hydrogens is 371 g/mol. The molecule has 6 nitrogen and oxygen atoms in total. The molecule has 1 aromatic carbocycles. The highest BCUT2D eigenvalue weighted by molar-refractivity contribution is 5.79. The number of benzene rings is 1. The number of aromatic nitrogens is 2. The number of ether oxygens (including phenoxy) is 1. The van der Waals surface area contributed by atoms with E-state index in [4.69, 9.17) is 4.74 Å². The average molecular weight is 397 g/mol. The van der Waals surface area contributed by atoms with Crippen LogP contribution in [0.4, 0.5) is 13.2 Å². The molecule has 2 aromatic rings. The van der Waals surface area contributed by atoms with Crippen molar-refractivity contribution >= 4 is 5.96 Å². The van der Waals surface area contributed by atoms with E-state index in [9.17, 15) is 13.2 Å². The van der Waals surface area contributed by atoms with Crippen molar-refractivity contribution in [3.05, 3.63) is 46.8 Å². The number of nitrogens with zero attached hydrogens (tertiary/aromatic N) is 3. The zero-order valence-electron chi connectivity index (χ0n) is 16.5. The second-order valence-corrected chi connectivity index (χ2v) is 6.24.